The zero-order valence-corrected chi connectivity index (χ0v) is 11.8. The number of hydrogen-bond donors (Lipinski definition) is 0. The minimum atomic E-state index is -1.37. The van der Waals surface area contributed by atoms with Crippen molar-refractivity contribution in [1.82, 2.24) is 0 Å². The zero-order chi connectivity index (χ0) is 11.1. The molecule has 1 fully saturated rings. The predicted molar refractivity (Wildman–Crippen MR) is 64.9 cm³/mol. The lowest BCUT2D eigenvalue weighted by atomic mass is 9.92. The Morgan fingerprint density at radius 1 is 0.714 bits per heavy atom. The standard InChI is InChI=1S/C12H26OSi/c1-8-9(2)11(4)12(10(8)3)13-14(5,6)7/h8-12H,1-7H3. The molecule has 1 nitrogen and oxygen atoms in total. The summed E-state index contributed by atoms with van der Waals surface area (Å²) in [7, 11) is -1.37. The summed E-state index contributed by atoms with van der Waals surface area (Å²) in [5.74, 6) is 3.08. The van der Waals surface area contributed by atoms with Crippen molar-refractivity contribution < 1.29 is 4.43 Å². The van der Waals surface area contributed by atoms with Crippen LogP contribution in [0.25, 0.3) is 0 Å². The Morgan fingerprint density at radius 3 is 1.36 bits per heavy atom. The Morgan fingerprint density at radius 2 is 1.07 bits per heavy atom. The van der Waals surface area contributed by atoms with Crippen LogP contribution in [-0.2, 0) is 4.43 Å². The van der Waals surface area contributed by atoms with Gasteiger partial charge in [0.05, 0.1) is 6.10 Å². The lowest BCUT2D eigenvalue weighted by molar-refractivity contribution is 0.114. The van der Waals surface area contributed by atoms with E-state index in [0.717, 1.165) is 23.7 Å². The average molecular weight is 214 g/mol. The molecule has 0 N–H and O–H groups in total. The maximum atomic E-state index is 6.30. The van der Waals surface area contributed by atoms with E-state index in [-0.39, 0.29) is 0 Å². The minimum absolute atomic E-state index is 0.506. The first-order chi connectivity index (χ1) is 6.24. The van der Waals surface area contributed by atoms with Crippen molar-refractivity contribution >= 4 is 8.32 Å². The van der Waals surface area contributed by atoms with Crippen LogP contribution in [0.3, 0.4) is 0 Å². The van der Waals surface area contributed by atoms with Crippen molar-refractivity contribution in [2.45, 2.75) is 53.4 Å². The van der Waals surface area contributed by atoms with Gasteiger partial charge in [-0.15, -0.1) is 0 Å². The SMILES string of the molecule is CC1C(C)C(C)C(O[Si](C)(C)C)C1C. The fraction of sp³-hybridized carbons (Fsp3) is 1.00. The van der Waals surface area contributed by atoms with E-state index >= 15 is 0 Å². The molecule has 0 amide bonds. The fourth-order valence-corrected chi connectivity index (χ4v) is 3.90. The topological polar surface area (TPSA) is 9.23 Å². The van der Waals surface area contributed by atoms with Gasteiger partial charge in [-0.3, -0.25) is 0 Å². The fourth-order valence-electron chi connectivity index (χ4n) is 2.66. The first-order valence-electron chi connectivity index (χ1n) is 5.92. The largest absolute Gasteiger partial charge is 0.414 e. The molecule has 1 saturated carbocycles. The van der Waals surface area contributed by atoms with Gasteiger partial charge >= 0.3 is 0 Å². The van der Waals surface area contributed by atoms with Gasteiger partial charge in [-0.2, -0.15) is 0 Å². The molecule has 1 rings (SSSR count). The second-order valence-electron chi connectivity index (χ2n) is 6.13. The summed E-state index contributed by atoms with van der Waals surface area (Å²) in [5.41, 5.74) is 0. The third-order valence-electron chi connectivity index (χ3n) is 4.01. The Labute approximate surface area is 90.4 Å². The Hall–Kier alpha value is 0.177. The number of rotatable bonds is 2. The van der Waals surface area contributed by atoms with Gasteiger partial charge in [0.15, 0.2) is 8.32 Å². The smallest absolute Gasteiger partial charge is 0.184 e. The van der Waals surface area contributed by atoms with Crippen molar-refractivity contribution in [3.05, 3.63) is 0 Å². The van der Waals surface area contributed by atoms with Gasteiger partial charge in [0.25, 0.3) is 0 Å². The quantitative estimate of drug-likeness (QED) is 0.636. The maximum absolute atomic E-state index is 6.30. The molecule has 1 aliphatic carbocycles. The van der Waals surface area contributed by atoms with Gasteiger partial charge in [-0.1, -0.05) is 27.7 Å². The molecule has 0 aromatic carbocycles. The van der Waals surface area contributed by atoms with Crippen molar-refractivity contribution in [1.29, 1.82) is 0 Å². The van der Waals surface area contributed by atoms with E-state index in [1.54, 1.807) is 0 Å². The molecule has 0 aliphatic heterocycles. The lowest BCUT2D eigenvalue weighted by Crippen LogP contribution is -2.36. The molecule has 4 unspecified atom stereocenters. The highest BCUT2D eigenvalue weighted by Crippen LogP contribution is 2.43. The van der Waals surface area contributed by atoms with E-state index in [1.807, 2.05) is 0 Å². The van der Waals surface area contributed by atoms with E-state index in [2.05, 4.69) is 47.3 Å². The van der Waals surface area contributed by atoms with Crippen molar-refractivity contribution in [3.8, 4) is 0 Å². The Kier molecular flexibility index (Phi) is 3.48. The summed E-state index contributed by atoms with van der Waals surface area (Å²) >= 11 is 0. The lowest BCUT2D eigenvalue weighted by Gasteiger charge is -2.29. The molecule has 0 aromatic rings. The van der Waals surface area contributed by atoms with Gasteiger partial charge in [0.1, 0.15) is 0 Å². The van der Waals surface area contributed by atoms with Crippen LogP contribution in [0.1, 0.15) is 27.7 Å². The molecule has 0 heterocycles. The minimum Gasteiger partial charge on any atom is -0.414 e. The molecule has 4 atom stereocenters. The monoisotopic (exact) mass is 214 g/mol. The van der Waals surface area contributed by atoms with Gasteiger partial charge < -0.3 is 4.43 Å². The molecule has 14 heavy (non-hydrogen) atoms. The highest BCUT2D eigenvalue weighted by molar-refractivity contribution is 6.69. The summed E-state index contributed by atoms with van der Waals surface area (Å²) in [5, 5.41) is 0. The first-order valence-corrected chi connectivity index (χ1v) is 9.32. The highest BCUT2D eigenvalue weighted by atomic mass is 28.4. The first kappa shape index (κ1) is 12.2. The Bertz CT molecular complexity index is 183. The third kappa shape index (κ3) is 2.40. The van der Waals surface area contributed by atoms with Crippen LogP contribution in [0.4, 0.5) is 0 Å². The van der Waals surface area contributed by atoms with Crippen LogP contribution < -0.4 is 0 Å². The summed E-state index contributed by atoms with van der Waals surface area (Å²) in [6.07, 6.45) is 0.506. The highest BCUT2D eigenvalue weighted by Gasteiger charge is 2.43. The van der Waals surface area contributed by atoms with E-state index < -0.39 is 8.32 Å². The van der Waals surface area contributed by atoms with Crippen LogP contribution in [0.2, 0.25) is 19.6 Å². The van der Waals surface area contributed by atoms with E-state index in [1.165, 1.54) is 0 Å². The molecular formula is C12H26OSi. The van der Waals surface area contributed by atoms with Gasteiger partial charge in [0.2, 0.25) is 0 Å². The summed E-state index contributed by atoms with van der Waals surface area (Å²) < 4.78 is 6.30. The maximum Gasteiger partial charge on any atom is 0.184 e. The normalized spacial score (nSPS) is 44.4. The molecule has 0 spiro atoms. The van der Waals surface area contributed by atoms with Crippen molar-refractivity contribution in [3.63, 3.8) is 0 Å². The number of hydrogen-bond acceptors (Lipinski definition) is 1. The summed E-state index contributed by atoms with van der Waals surface area (Å²) in [6, 6.07) is 0. The van der Waals surface area contributed by atoms with Gasteiger partial charge in [0, 0.05) is 0 Å². The second kappa shape index (κ2) is 3.97. The van der Waals surface area contributed by atoms with Crippen molar-refractivity contribution in [2.75, 3.05) is 0 Å². The Balaban J connectivity index is 2.70. The van der Waals surface area contributed by atoms with E-state index in [0.29, 0.717) is 6.10 Å². The van der Waals surface area contributed by atoms with Gasteiger partial charge in [-0.25, -0.2) is 0 Å². The molecule has 0 radical (unpaired) electrons. The second-order valence-corrected chi connectivity index (χ2v) is 10.6. The zero-order valence-electron chi connectivity index (χ0n) is 10.8. The van der Waals surface area contributed by atoms with Crippen LogP contribution in [0.5, 0.6) is 0 Å². The molecule has 0 saturated heterocycles. The average Bonchev–Trinajstić information content (AvgIpc) is 2.20. The molecule has 2 heteroatoms. The molecule has 0 bridgehead atoms. The van der Waals surface area contributed by atoms with Crippen LogP contribution in [0.15, 0.2) is 0 Å². The van der Waals surface area contributed by atoms with E-state index in [9.17, 15) is 0 Å². The van der Waals surface area contributed by atoms with Crippen molar-refractivity contribution in [2.24, 2.45) is 23.7 Å². The third-order valence-corrected chi connectivity index (χ3v) is 4.99. The van der Waals surface area contributed by atoms with E-state index in [4.69, 9.17) is 4.43 Å². The predicted octanol–water partition coefficient (Wildman–Crippen LogP) is 3.76. The van der Waals surface area contributed by atoms with Crippen LogP contribution >= 0.6 is 0 Å². The summed E-state index contributed by atoms with van der Waals surface area (Å²) in [4.78, 5) is 0. The molecule has 0 aromatic heterocycles. The molecular weight excluding hydrogens is 188 g/mol. The molecule has 84 valence electrons. The van der Waals surface area contributed by atoms with Gasteiger partial charge in [-0.05, 0) is 43.3 Å². The van der Waals surface area contributed by atoms with Crippen LogP contribution in [-0.4, -0.2) is 14.4 Å². The molecule has 1 aliphatic rings. The summed E-state index contributed by atoms with van der Waals surface area (Å²) in [6.45, 7) is 16.3. The van der Waals surface area contributed by atoms with Crippen LogP contribution in [0, 0.1) is 23.7 Å².